The third-order valence-electron chi connectivity index (χ3n) is 1.79. The Balaban J connectivity index is 2.44. The predicted molar refractivity (Wildman–Crippen MR) is 37.0 cm³/mol. The first kappa shape index (κ1) is 6.62. The summed E-state index contributed by atoms with van der Waals surface area (Å²) in [6, 6.07) is 0.356. The van der Waals surface area contributed by atoms with Crippen molar-refractivity contribution in [3.63, 3.8) is 0 Å². The van der Waals surface area contributed by atoms with Crippen LogP contribution in [0.15, 0.2) is 12.3 Å². The zero-order valence-corrected chi connectivity index (χ0v) is 5.75. The van der Waals surface area contributed by atoms with Crippen LogP contribution in [-0.2, 0) is 0 Å². The van der Waals surface area contributed by atoms with Gasteiger partial charge in [-0.05, 0) is 19.0 Å². The number of nitrogens with zero attached hydrogens (tertiary/aromatic N) is 1. The zero-order valence-electron chi connectivity index (χ0n) is 5.75. The SMILES string of the molecule is CN1C=CCCC1CO. The number of likely N-dealkylation sites (N-methyl/N-ethyl adjacent to an activating group) is 1. The molecule has 1 atom stereocenters. The number of hydrogen-bond acceptors (Lipinski definition) is 2. The number of allylic oxidation sites excluding steroid dienone is 1. The molecule has 0 amide bonds. The molecule has 0 spiro atoms. The molecular weight excluding hydrogens is 114 g/mol. The monoisotopic (exact) mass is 127 g/mol. The molecule has 52 valence electrons. The smallest absolute Gasteiger partial charge is 0.0634 e. The lowest BCUT2D eigenvalue weighted by Crippen LogP contribution is -2.32. The summed E-state index contributed by atoms with van der Waals surface area (Å²) in [6.45, 7) is 0.279. The average Bonchev–Trinajstić information content (AvgIpc) is 1.89. The van der Waals surface area contributed by atoms with Crippen LogP contribution in [0.1, 0.15) is 12.8 Å². The highest BCUT2D eigenvalue weighted by atomic mass is 16.3. The van der Waals surface area contributed by atoms with Crippen molar-refractivity contribution >= 4 is 0 Å². The molecule has 1 aliphatic heterocycles. The van der Waals surface area contributed by atoms with E-state index in [0.29, 0.717) is 6.04 Å². The summed E-state index contributed by atoms with van der Waals surface area (Å²) in [6.07, 6.45) is 6.36. The van der Waals surface area contributed by atoms with Crippen LogP contribution < -0.4 is 0 Å². The fraction of sp³-hybridized carbons (Fsp3) is 0.714. The van der Waals surface area contributed by atoms with E-state index in [0.717, 1.165) is 12.8 Å². The average molecular weight is 127 g/mol. The Labute approximate surface area is 55.8 Å². The Morgan fingerprint density at radius 1 is 1.78 bits per heavy atom. The van der Waals surface area contributed by atoms with E-state index in [1.54, 1.807) is 0 Å². The van der Waals surface area contributed by atoms with Gasteiger partial charge in [0.25, 0.3) is 0 Å². The van der Waals surface area contributed by atoms with Crippen molar-refractivity contribution in [3.05, 3.63) is 12.3 Å². The predicted octanol–water partition coefficient (Wildman–Crippen LogP) is 0.587. The number of aliphatic hydroxyl groups excluding tert-OH is 1. The molecule has 0 radical (unpaired) electrons. The van der Waals surface area contributed by atoms with Gasteiger partial charge in [0.2, 0.25) is 0 Å². The van der Waals surface area contributed by atoms with Gasteiger partial charge in [-0.1, -0.05) is 6.08 Å². The van der Waals surface area contributed by atoms with Crippen molar-refractivity contribution in [2.45, 2.75) is 18.9 Å². The topological polar surface area (TPSA) is 23.5 Å². The summed E-state index contributed by atoms with van der Waals surface area (Å²) in [5.74, 6) is 0. The third kappa shape index (κ3) is 1.45. The lowest BCUT2D eigenvalue weighted by atomic mass is 10.1. The molecule has 1 unspecified atom stereocenters. The van der Waals surface area contributed by atoms with Crippen molar-refractivity contribution < 1.29 is 5.11 Å². The van der Waals surface area contributed by atoms with Gasteiger partial charge >= 0.3 is 0 Å². The molecule has 0 aromatic rings. The van der Waals surface area contributed by atoms with Gasteiger partial charge in [-0.25, -0.2) is 0 Å². The van der Waals surface area contributed by atoms with Gasteiger partial charge in [-0.2, -0.15) is 0 Å². The third-order valence-corrected chi connectivity index (χ3v) is 1.79. The molecule has 0 aromatic heterocycles. The minimum atomic E-state index is 0.279. The standard InChI is InChI=1S/C7H13NO/c1-8-5-3-2-4-7(8)6-9/h3,5,7,9H,2,4,6H2,1H3. The maximum atomic E-state index is 8.79. The molecule has 2 nitrogen and oxygen atoms in total. The molecular formula is C7H13NO. The fourth-order valence-electron chi connectivity index (χ4n) is 1.07. The normalized spacial score (nSPS) is 26.9. The highest BCUT2D eigenvalue weighted by Gasteiger charge is 2.11. The second-order valence-corrected chi connectivity index (χ2v) is 2.46. The van der Waals surface area contributed by atoms with E-state index in [9.17, 15) is 0 Å². The van der Waals surface area contributed by atoms with Gasteiger partial charge in [0.1, 0.15) is 0 Å². The van der Waals surface area contributed by atoms with Gasteiger partial charge in [0, 0.05) is 7.05 Å². The first-order valence-electron chi connectivity index (χ1n) is 3.34. The Hall–Kier alpha value is -0.500. The van der Waals surface area contributed by atoms with E-state index >= 15 is 0 Å². The number of aliphatic hydroxyl groups is 1. The Kier molecular flexibility index (Phi) is 2.11. The van der Waals surface area contributed by atoms with Gasteiger partial charge in [-0.15, -0.1) is 0 Å². The molecule has 1 heterocycles. The summed E-state index contributed by atoms with van der Waals surface area (Å²) >= 11 is 0. The highest BCUT2D eigenvalue weighted by molar-refractivity contribution is 4.91. The minimum Gasteiger partial charge on any atom is -0.394 e. The molecule has 0 saturated carbocycles. The largest absolute Gasteiger partial charge is 0.394 e. The van der Waals surface area contributed by atoms with Crippen LogP contribution in [0.5, 0.6) is 0 Å². The second-order valence-electron chi connectivity index (χ2n) is 2.46. The molecule has 2 heteroatoms. The van der Waals surface area contributed by atoms with Crippen LogP contribution in [0.4, 0.5) is 0 Å². The van der Waals surface area contributed by atoms with E-state index < -0.39 is 0 Å². The van der Waals surface area contributed by atoms with Crippen LogP contribution in [0.2, 0.25) is 0 Å². The van der Waals surface area contributed by atoms with Crippen molar-refractivity contribution in [1.29, 1.82) is 0 Å². The Morgan fingerprint density at radius 2 is 2.56 bits per heavy atom. The first-order chi connectivity index (χ1) is 4.34. The maximum absolute atomic E-state index is 8.79. The highest BCUT2D eigenvalue weighted by Crippen LogP contribution is 2.10. The zero-order chi connectivity index (χ0) is 6.69. The quantitative estimate of drug-likeness (QED) is 0.557. The number of rotatable bonds is 1. The summed E-state index contributed by atoms with van der Waals surface area (Å²) in [4.78, 5) is 2.06. The summed E-state index contributed by atoms with van der Waals surface area (Å²) in [5, 5.41) is 8.79. The van der Waals surface area contributed by atoms with Crippen LogP contribution in [0.25, 0.3) is 0 Å². The molecule has 1 N–H and O–H groups in total. The second kappa shape index (κ2) is 2.87. The van der Waals surface area contributed by atoms with E-state index in [2.05, 4.69) is 11.0 Å². The fourth-order valence-corrected chi connectivity index (χ4v) is 1.07. The molecule has 0 fully saturated rings. The van der Waals surface area contributed by atoms with Crippen molar-refractivity contribution in [2.24, 2.45) is 0 Å². The Morgan fingerprint density at radius 3 is 3.00 bits per heavy atom. The van der Waals surface area contributed by atoms with E-state index in [1.807, 2.05) is 13.2 Å². The van der Waals surface area contributed by atoms with Gasteiger partial charge in [0.05, 0.1) is 12.6 Å². The summed E-state index contributed by atoms with van der Waals surface area (Å²) in [5.41, 5.74) is 0. The van der Waals surface area contributed by atoms with Crippen molar-refractivity contribution in [1.82, 2.24) is 4.90 Å². The van der Waals surface area contributed by atoms with E-state index in [1.165, 1.54) is 0 Å². The summed E-state index contributed by atoms with van der Waals surface area (Å²) in [7, 11) is 2.00. The Bertz CT molecular complexity index is 111. The number of hydrogen-bond donors (Lipinski definition) is 1. The van der Waals surface area contributed by atoms with Gasteiger partial charge in [0.15, 0.2) is 0 Å². The van der Waals surface area contributed by atoms with Crippen LogP contribution in [0, 0.1) is 0 Å². The van der Waals surface area contributed by atoms with Crippen LogP contribution >= 0.6 is 0 Å². The molecule has 0 saturated heterocycles. The van der Waals surface area contributed by atoms with E-state index in [4.69, 9.17) is 5.11 Å². The molecule has 0 aromatic carbocycles. The summed E-state index contributed by atoms with van der Waals surface area (Å²) < 4.78 is 0. The van der Waals surface area contributed by atoms with Crippen molar-refractivity contribution in [3.8, 4) is 0 Å². The molecule has 1 aliphatic rings. The lowest BCUT2D eigenvalue weighted by Gasteiger charge is -2.27. The molecule has 0 bridgehead atoms. The van der Waals surface area contributed by atoms with Gasteiger partial charge in [-0.3, -0.25) is 0 Å². The molecule has 9 heavy (non-hydrogen) atoms. The van der Waals surface area contributed by atoms with E-state index in [-0.39, 0.29) is 6.61 Å². The van der Waals surface area contributed by atoms with Crippen LogP contribution in [0.3, 0.4) is 0 Å². The molecule has 1 rings (SSSR count). The first-order valence-corrected chi connectivity index (χ1v) is 3.34. The lowest BCUT2D eigenvalue weighted by molar-refractivity contribution is 0.170. The molecule has 0 aliphatic carbocycles. The minimum absolute atomic E-state index is 0.279. The van der Waals surface area contributed by atoms with Crippen molar-refractivity contribution in [2.75, 3.05) is 13.7 Å². The van der Waals surface area contributed by atoms with Crippen LogP contribution in [-0.4, -0.2) is 29.7 Å². The van der Waals surface area contributed by atoms with Gasteiger partial charge < -0.3 is 10.0 Å². The maximum Gasteiger partial charge on any atom is 0.0634 e.